The Labute approximate surface area is 458 Å². The second-order valence-corrected chi connectivity index (χ2v) is 19.2. The van der Waals surface area contributed by atoms with Crippen molar-refractivity contribution in [1.29, 1.82) is 0 Å². The minimum absolute atomic E-state index is 1.05. The van der Waals surface area contributed by atoms with E-state index in [0.717, 1.165) is 45.3 Å². The van der Waals surface area contributed by atoms with Gasteiger partial charge in [0.05, 0.1) is 0 Å². The third-order valence-electron chi connectivity index (χ3n) is 14.4. The Morgan fingerprint density at radius 1 is 0.244 bits per heavy atom. The van der Waals surface area contributed by atoms with Gasteiger partial charge in [0.25, 0.3) is 0 Å². The molecule has 0 N–H and O–H groups in total. The van der Waals surface area contributed by atoms with Crippen LogP contribution in [0.4, 0.5) is 34.1 Å². The molecule has 0 saturated heterocycles. The van der Waals surface area contributed by atoms with Crippen LogP contribution in [0.15, 0.2) is 328 Å². The zero-order chi connectivity index (χ0) is 52.3. The van der Waals surface area contributed by atoms with Gasteiger partial charge in [0.15, 0.2) is 0 Å². The molecule has 0 heterocycles. The standard InChI is InChI=1S/C76H56N2/c1-7-26-58(27-8-1)69(59-28-9-2-10-29-59)42-23-25-57-45-49-65(50-46-57)78(68-55-53-67(54-56-68)77(63-34-15-5-16-35-63)64-36-17-6-18-37-64)66-51-47-62(48-52-66)76-74-40-21-19-38-72(74)71(73-39-20-22-41-75(73)76)44-24-43-70(60-30-11-3-12-31-60)61-32-13-4-14-33-61/h1-56H. The van der Waals surface area contributed by atoms with Crippen LogP contribution in [0, 0.1) is 0 Å². The molecule has 0 spiro atoms. The topological polar surface area (TPSA) is 6.48 Å². The maximum absolute atomic E-state index is 2.36. The smallest absolute Gasteiger partial charge is 0.0463 e. The van der Waals surface area contributed by atoms with E-state index in [1.807, 2.05) is 0 Å². The Kier molecular flexibility index (Phi) is 14.4. The van der Waals surface area contributed by atoms with Gasteiger partial charge < -0.3 is 9.80 Å². The number of fused-ring (bicyclic) bond motifs is 2. The fraction of sp³-hybridized carbons (Fsp3) is 0. The third kappa shape index (κ3) is 10.5. The molecule has 78 heavy (non-hydrogen) atoms. The number of nitrogens with zero attached hydrogens (tertiary/aromatic N) is 2. The van der Waals surface area contributed by atoms with E-state index in [1.54, 1.807) is 0 Å². The summed E-state index contributed by atoms with van der Waals surface area (Å²) >= 11 is 0. The van der Waals surface area contributed by atoms with Crippen LogP contribution < -0.4 is 9.80 Å². The summed E-state index contributed by atoms with van der Waals surface area (Å²) in [5.74, 6) is 0. The van der Waals surface area contributed by atoms with E-state index in [9.17, 15) is 0 Å². The molecule has 0 fully saturated rings. The summed E-state index contributed by atoms with van der Waals surface area (Å²) in [6.07, 6.45) is 13.3. The average molecular weight is 997 g/mol. The molecule has 0 atom stereocenters. The maximum Gasteiger partial charge on any atom is 0.0463 e. The van der Waals surface area contributed by atoms with Crippen molar-refractivity contribution >= 4 is 79.0 Å². The fourth-order valence-electron chi connectivity index (χ4n) is 10.6. The third-order valence-corrected chi connectivity index (χ3v) is 14.4. The van der Waals surface area contributed by atoms with Crippen LogP contribution in [0.2, 0.25) is 0 Å². The molecule has 0 saturated carbocycles. The lowest BCUT2D eigenvalue weighted by Crippen LogP contribution is -2.12. The fourth-order valence-corrected chi connectivity index (χ4v) is 10.6. The predicted molar refractivity (Wildman–Crippen MR) is 334 cm³/mol. The van der Waals surface area contributed by atoms with Crippen molar-refractivity contribution in [2.24, 2.45) is 0 Å². The van der Waals surface area contributed by atoms with Crippen LogP contribution in [-0.2, 0) is 0 Å². The second-order valence-electron chi connectivity index (χ2n) is 19.2. The van der Waals surface area contributed by atoms with Crippen molar-refractivity contribution in [3.05, 3.63) is 361 Å². The highest BCUT2D eigenvalue weighted by Gasteiger charge is 2.19. The van der Waals surface area contributed by atoms with E-state index in [4.69, 9.17) is 0 Å². The number of hydrogen-bond acceptors (Lipinski definition) is 2. The van der Waals surface area contributed by atoms with E-state index in [2.05, 4.69) is 350 Å². The molecule has 370 valence electrons. The molecule has 2 nitrogen and oxygen atoms in total. The quantitative estimate of drug-likeness (QED) is 0.0746. The molecule has 0 aromatic heterocycles. The van der Waals surface area contributed by atoms with Gasteiger partial charge in [0.1, 0.15) is 0 Å². The Hall–Kier alpha value is -10.3. The van der Waals surface area contributed by atoms with Crippen LogP contribution in [0.1, 0.15) is 33.4 Å². The summed E-state index contributed by atoms with van der Waals surface area (Å²) in [5.41, 5.74) is 18.2. The van der Waals surface area contributed by atoms with Crippen molar-refractivity contribution < 1.29 is 0 Å². The van der Waals surface area contributed by atoms with E-state index in [0.29, 0.717) is 0 Å². The molecule has 0 unspecified atom stereocenters. The number of para-hydroxylation sites is 2. The summed E-state index contributed by atoms with van der Waals surface area (Å²) in [4.78, 5) is 4.66. The molecule has 12 aromatic carbocycles. The number of anilines is 6. The zero-order valence-electron chi connectivity index (χ0n) is 43.2. The Morgan fingerprint density at radius 3 is 0.897 bits per heavy atom. The lowest BCUT2D eigenvalue weighted by Gasteiger charge is -2.28. The predicted octanol–water partition coefficient (Wildman–Crippen LogP) is 20.9. The SMILES string of the molecule is C(=Cc1ccc(N(c2ccc(-c3c4ccccc4c(C=CC=C(c4ccccc4)c4ccccc4)c4ccccc34)cc2)c2ccc(N(c3ccccc3)c3ccccc3)cc2)cc1)C=C(c1ccccc1)c1ccccc1. The first kappa shape index (κ1) is 48.6. The van der Waals surface area contributed by atoms with Gasteiger partial charge in [0, 0.05) is 34.1 Å². The summed E-state index contributed by atoms with van der Waals surface area (Å²) in [7, 11) is 0. The lowest BCUT2D eigenvalue weighted by atomic mass is 9.88. The first-order valence-corrected chi connectivity index (χ1v) is 26.7. The Balaban J connectivity index is 0.922. The van der Waals surface area contributed by atoms with Crippen molar-refractivity contribution in [2.45, 2.75) is 0 Å². The second kappa shape index (κ2) is 23.1. The first-order chi connectivity index (χ1) is 38.7. The van der Waals surface area contributed by atoms with Gasteiger partial charge in [-0.25, -0.2) is 0 Å². The molecular formula is C76H56N2. The molecule has 0 amide bonds. The molecule has 0 bridgehead atoms. The van der Waals surface area contributed by atoms with E-state index >= 15 is 0 Å². The van der Waals surface area contributed by atoms with Crippen LogP contribution in [0.5, 0.6) is 0 Å². The monoisotopic (exact) mass is 996 g/mol. The highest BCUT2D eigenvalue weighted by atomic mass is 15.2. The van der Waals surface area contributed by atoms with Crippen LogP contribution in [0.25, 0.3) is 56.0 Å². The summed E-state index contributed by atoms with van der Waals surface area (Å²) in [6, 6.07) is 108. The van der Waals surface area contributed by atoms with Crippen LogP contribution >= 0.6 is 0 Å². The van der Waals surface area contributed by atoms with Gasteiger partial charge in [-0.2, -0.15) is 0 Å². The van der Waals surface area contributed by atoms with Crippen molar-refractivity contribution in [2.75, 3.05) is 9.80 Å². The molecule has 0 aliphatic rings. The van der Waals surface area contributed by atoms with Gasteiger partial charge in [-0.05, 0) is 150 Å². The Morgan fingerprint density at radius 2 is 0.526 bits per heavy atom. The molecule has 0 aliphatic heterocycles. The molecule has 12 aromatic rings. The minimum Gasteiger partial charge on any atom is -0.311 e. The van der Waals surface area contributed by atoms with E-state index < -0.39 is 0 Å². The number of benzene rings is 12. The van der Waals surface area contributed by atoms with Crippen molar-refractivity contribution in [3.8, 4) is 11.1 Å². The van der Waals surface area contributed by atoms with Crippen LogP contribution in [-0.4, -0.2) is 0 Å². The number of allylic oxidation sites excluding steroid dienone is 4. The normalized spacial score (nSPS) is 11.2. The molecule has 2 heteroatoms. The lowest BCUT2D eigenvalue weighted by molar-refractivity contribution is 1.25. The van der Waals surface area contributed by atoms with E-state index in [1.165, 1.54) is 66.1 Å². The number of rotatable bonds is 15. The van der Waals surface area contributed by atoms with Gasteiger partial charge in [-0.1, -0.05) is 267 Å². The van der Waals surface area contributed by atoms with Crippen molar-refractivity contribution in [1.82, 2.24) is 0 Å². The average Bonchev–Trinajstić information content (AvgIpc) is 3.58. The molecular weight excluding hydrogens is 941 g/mol. The molecule has 0 aliphatic carbocycles. The highest BCUT2D eigenvalue weighted by molar-refractivity contribution is 6.17. The largest absolute Gasteiger partial charge is 0.311 e. The van der Waals surface area contributed by atoms with Gasteiger partial charge >= 0.3 is 0 Å². The van der Waals surface area contributed by atoms with E-state index in [-0.39, 0.29) is 0 Å². The first-order valence-electron chi connectivity index (χ1n) is 26.7. The van der Waals surface area contributed by atoms with Gasteiger partial charge in [0.2, 0.25) is 0 Å². The summed E-state index contributed by atoms with van der Waals surface area (Å²) < 4.78 is 0. The molecule has 12 rings (SSSR count). The van der Waals surface area contributed by atoms with Crippen LogP contribution in [0.3, 0.4) is 0 Å². The summed E-state index contributed by atoms with van der Waals surface area (Å²) in [6.45, 7) is 0. The van der Waals surface area contributed by atoms with Gasteiger partial charge in [-0.3, -0.25) is 0 Å². The zero-order valence-corrected chi connectivity index (χ0v) is 43.2. The summed E-state index contributed by atoms with van der Waals surface area (Å²) in [5, 5.41) is 4.85. The molecule has 0 radical (unpaired) electrons. The highest BCUT2D eigenvalue weighted by Crippen LogP contribution is 2.43. The number of hydrogen-bond donors (Lipinski definition) is 0. The van der Waals surface area contributed by atoms with Gasteiger partial charge in [-0.15, -0.1) is 0 Å². The Bertz CT molecular complexity index is 3870. The minimum atomic E-state index is 1.05. The maximum atomic E-state index is 2.36. The van der Waals surface area contributed by atoms with Crippen molar-refractivity contribution in [3.63, 3.8) is 0 Å².